The van der Waals surface area contributed by atoms with E-state index >= 15 is 0 Å². The van der Waals surface area contributed by atoms with Gasteiger partial charge in [0.2, 0.25) is 0 Å². The van der Waals surface area contributed by atoms with Crippen molar-refractivity contribution >= 4 is 17.1 Å². The predicted octanol–water partition coefficient (Wildman–Crippen LogP) is 11.8. The lowest BCUT2D eigenvalue weighted by atomic mass is 9.62. The van der Waals surface area contributed by atoms with Crippen LogP contribution >= 0.6 is 0 Å². The van der Waals surface area contributed by atoms with Crippen LogP contribution in [0.15, 0.2) is 121 Å². The Kier molecular flexibility index (Phi) is 13.1. The molecule has 0 saturated heterocycles. The molecule has 2 aliphatic carbocycles. The van der Waals surface area contributed by atoms with Gasteiger partial charge in [0.15, 0.2) is 0 Å². The first-order valence-electron chi connectivity index (χ1n) is 20.0. The highest BCUT2D eigenvalue weighted by Gasteiger charge is 2.38. The Labute approximate surface area is 314 Å². The van der Waals surface area contributed by atoms with Crippen LogP contribution < -0.4 is 17.2 Å². The third-order valence-electron chi connectivity index (χ3n) is 12.1. The molecule has 0 spiro atoms. The van der Waals surface area contributed by atoms with E-state index in [4.69, 9.17) is 17.2 Å². The van der Waals surface area contributed by atoms with E-state index < -0.39 is 0 Å². The molecule has 5 aromatic rings. The van der Waals surface area contributed by atoms with Crippen molar-refractivity contribution in [1.82, 2.24) is 0 Å². The molecule has 0 bridgehead atoms. The van der Waals surface area contributed by atoms with Crippen molar-refractivity contribution in [2.45, 2.75) is 109 Å². The Morgan fingerprint density at radius 3 is 1.12 bits per heavy atom. The summed E-state index contributed by atoms with van der Waals surface area (Å²) in [5.41, 5.74) is 29.6. The molecule has 2 fully saturated rings. The van der Waals surface area contributed by atoms with Gasteiger partial charge in [-0.25, -0.2) is 0 Å². The zero-order chi connectivity index (χ0) is 36.2. The van der Waals surface area contributed by atoms with Gasteiger partial charge in [-0.2, -0.15) is 0 Å². The van der Waals surface area contributed by atoms with Gasteiger partial charge < -0.3 is 17.2 Å². The molecule has 6 N–H and O–H groups in total. The minimum atomic E-state index is 0.117. The van der Waals surface area contributed by atoms with Crippen LogP contribution in [-0.4, -0.2) is 0 Å². The second-order valence-electron chi connectivity index (χ2n) is 15.9. The van der Waals surface area contributed by atoms with Gasteiger partial charge in [-0.05, 0) is 140 Å². The van der Waals surface area contributed by atoms with Crippen molar-refractivity contribution in [2.24, 2.45) is 11.8 Å². The van der Waals surface area contributed by atoms with E-state index in [-0.39, 0.29) is 5.41 Å². The molecule has 272 valence electrons. The zero-order valence-corrected chi connectivity index (χ0v) is 31.5. The summed E-state index contributed by atoms with van der Waals surface area (Å²) in [5.74, 6) is 1.89. The molecule has 0 aromatic heterocycles. The first-order chi connectivity index (χ1) is 25.3. The standard InChI is InChI=1S/C42H52N2.C7H9N/c43-40-24-16-35(17-25-40)9-7-33-12-20-38(21-13-33)42(30-28-37(29-31-42)11-6-32-4-2-1-3-5-32)39-22-14-34(15-23-39)8-10-36-18-26-41(44)27-19-36;1-6-2-4-7(8)5-3-6/h12-27,32,37H,1-11,28-31,43-44H2;2-5H,8H2,1H3. The fourth-order valence-corrected chi connectivity index (χ4v) is 8.64. The molecule has 52 heavy (non-hydrogen) atoms. The Morgan fingerprint density at radius 1 is 0.423 bits per heavy atom. The van der Waals surface area contributed by atoms with Gasteiger partial charge in [-0.1, -0.05) is 135 Å². The number of benzene rings is 5. The summed E-state index contributed by atoms with van der Waals surface area (Å²) in [7, 11) is 0. The maximum Gasteiger partial charge on any atom is 0.0314 e. The Hall–Kier alpha value is -4.50. The number of rotatable bonds is 11. The molecular weight excluding hydrogens is 631 g/mol. The van der Waals surface area contributed by atoms with Crippen LogP contribution in [0.1, 0.15) is 110 Å². The molecule has 0 atom stereocenters. The first-order valence-corrected chi connectivity index (χ1v) is 20.0. The third kappa shape index (κ3) is 10.5. The van der Waals surface area contributed by atoms with Crippen molar-refractivity contribution in [1.29, 1.82) is 0 Å². The lowest BCUT2D eigenvalue weighted by molar-refractivity contribution is 0.229. The van der Waals surface area contributed by atoms with E-state index in [9.17, 15) is 0 Å². The molecule has 0 heterocycles. The van der Waals surface area contributed by atoms with E-state index in [1.807, 2.05) is 55.5 Å². The van der Waals surface area contributed by atoms with Gasteiger partial charge in [-0.3, -0.25) is 0 Å². The van der Waals surface area contributed by atoms with E-state index in [1.165, 1.54) is 110 Å². The molecule has 0 aliphatic heterocycles. The van der Waals surface area contributed by atoms with E-state index in [0.717, 1.165) is 54.6 Å². The Balaban J connectivity index is 0.000000514. The minimum Gasteiger partial charge on any atom is -0.399 e. The highest BCUT2D eigenvalue weighted by atomic mass is 14.5. The lowest BCUT2D eigenvalue weighted by Gasteiger charge is -2.42. The quantitative estimate of drug-likeness (QED) is 0.121. The summed E-state index contributed by atoms with van der Waals surface area (Å²) < 4.78 is 0. The second-order valence-corrected chi connectivity index (χ2v) is 15.9. The van der Waals surface area contributed by atoms with Crippen LogP contribution in [-0.2, 0) is 31.1 Å². The van der Waals surface area contributed by atoms with Gasteiger partial charge in [0.25, 0.3) is 0 Å². The largest absolute Gasteiger partial charge is 0.399 e. The van der Waals surface area contributed by atoms with Crippen LogP contribution in [0.4, 0.5) is 17.1 Å². The number of hydrogen-bond acceptors (Lipinski definition) is 3. The van der Waals surface area contributed by atoms with Crippen molar-refractivity contribution in [3.05, 3.63) is 160 Å². The van der Waals surface area contributed by atoms with E-state index in [0.29, 0.717) is 0 Å². The summed E-state index contributed by atoms with van der Waals surface area (Å²) in [4.78, 5) is 0. The number of hydrogen-bond donors (Lipinski definition) is 3. The first kappa shape index (κ1) is 37.3. The molecule has 0 amide bonds. The molecule has 5 aromatic carbocycles. The molecule has 3 heteroatoms. The lowest BCUT2D eigenvalue weighted by Crippen LogP contribution is -2.33. The van der Waals surface area contributed by atoms with Gasteiger partial charge in [0, 0.05) is 22.5 Å². The molecule has 7 rings (SSSR count). The van der Waals surface area contributed by atoms with Crippen molar-refractivity contribution < 1.29 is 0 Å². The normalized spacial score (nSPS) is 16.2. The third-order valence-corrected chi connectivity index (χ3v) is 12.1. The van der Waals surface area contributed by atoms with Gasteiger partial charge in [0.05, 0.1) is 0 Å². The fourth-order valence-electron chi connectivity index (χ4n) is 8.64. The number of nitrogens with two attached hydrogens (primary N) is 3. The van der Waals surface area contributed by atoms with Crippen LogP contribution in [0.5, 0.6) is 0 Å². The summed E-state index contributed by atoms with van der Waals surface area (Å²) in [5, 5.41) is 0. The molecule has 2 saturated carbocycles. The second kappa shape index (κ2) is 18.3. The SMILES string of the molecule is Cc1ccc(N)cc1.Nc1ccc(CCc2ccc(C3(c4ccc(CCc5ccc(N)cc5)cc4)CCC(CCC4CCCCC4)CC3)cc2)cc1. The molecule has 2 aliphatic rings. The number of aryl methyl sites for hydroxylation is 5. The molecular formula is C49H61N3. The fraction of sp³-hybridized carbons (Fsp3) is 0.388. The predicted molar refractivity (Wildman–Crippen MR) is 224 cm³/mol. The summed E-state index contributed by atoms with van der Waals surface area (Å²) >= 11 is 0. The summed E-state index contributed by atoms with van der Waals surface area (Å²) in [6.45, 7) is 2.04. The molecule has 0 unspecified atom stereocenters. The minimum absolute atomic E-state index is 0.117. The monoisotopic (exact) mass is 691 g/mol. The van der Waals surface area contributed by atoms with Crippen LogP contribution in [0.2, 0.25) is 0 Å². The Bertz CT molecular complexity index is 1640. The summed E-state index contributed by atoms with van der Waals surface area (Å²) in [6.07, 6.45) is 19.7. The van der Waals surface area contributed by atoms with Crippen molar-refractivity contribution in [2.75, 3.05) is 17.2 Å². The maximum absolute atomic E-state index is 5.89. The smallest absolute Gasteiger partial charge is 0.0314 e. The highest BCUT2D eigenvalue weighted by Crippen LogP contribution is 2.48. The van der Waals surface area contributed by atoms with Crippen molar-refractivity contribution in [3.63, 3.8) is 0 Å². The molecule has 0 radical (unpaired) electrons. The summed E-state index contributed by atoms with van der Waals surface area (Å²) in [6, 6.07) is 43.9. The van der Waals surface area contributed by atoms with Crippen molar-refractivity contribution in [3.8, 4) is 0 Å². The topological polar surface area (TPSA) is 78.1 Å². The van der Waals surface area contributed by atoms with Crippen LogP contribution in [0.25, 0.3) is 0 Å². The molecule has 3 nitrogen and oxygen atoms in total. The van der Waals surface area contributed by atoms with Gasteiger partial charge in [-0.15, -0.1) is 0 Å². The zero-order valence-electron chi connectivity index (χ0n) is 31.5. The van der Waals surface area contributed by atoms with E-state index in [1.54, 1.807) is 0 Å². The van der Waals surface area contributed by atoms with E-state index in [2.05, 4.69) is 72.8 Å². The van der Waals surface area contributed by atoms with Crippen LogP contribution in [0.3, 0.4) is 0 Å². The number of nitrogen functional groups attached to an aromatic ring is 3. The average molecular weight is 692 g/mol. The maximum atomic E-state index is 5.89. The van der Waals surface area contributed by atoms with Gasteiger partial charge >= 0.3 is 0 Å². The average Bonchev–Trinajstić information content (AvgIpc) is 3.19. The number of anilines is 3. The van der Waals surface area contributed by atoms with Gasteiger partial charge in [0.1, 0.15) is 0 Å². The Morgan fingerprint density at radius 2 is 0.750 bits per heavy atom. The highest BCUT2D eigenvalue weighted by molar-refractivity contribution is 5.44. The van der Waals surface area contributed by atoms with Crippen LogP contribution in [0, 0.1) is 18.8 Å².